The quantitative estimate of drug-likeness (QED) is 0.392. The van der Waals surface area contributed by atoms with Gasteiger partial charge < -0.3 is 4.74 Å². The number of hydrogen-bond donors (Lipinski definition) is 1. The lowest BCUT2D eigenvalue weighted by Gasteiger charge is -2.20. The van der Waals surface area contributed by atoms with E-state index in [-0.39, 0.29) is 0 Å². The van der Waals surface area contributed by atoms with Gasteiger partial charge in [0, 0.05) is 0 Å². The molecule has 0 bridgehead atoms. The molecule has 0 aliphatic heterocycles. The monoisotopic (exact) mass is 310 g/mol. The van der Waals surface area contributed by atoms with Gasteiger partial charge in [-0.2, -0.15) is 8.78 Å². The van der Waals surface area contributed by atoms with Crippen LogP contribution in [-0.2, 0) is 4.74 Å². The number of nitrogens with one attached hydrogen (secondary N) is 1. The summed E-state index contributed by atoms with van der Waals surface area (Å²) in [4.78, 5) is 20.1. The first-order valence-corrected chi connectivity index (χ1v) is 5.46. The van der Waals surface area contributed by atoms with Crippen molar-refractivity contribution in [2.75, 3.05) is 5.32 Å². The Bertz CT molecular complexity index is 584. The molecule has 6 nitrogen and oxygen atoms in total. The summed E-state index contributed by atoms with van der Waals surface area (Å²) in [6.07, 6.45) is -1.38. The number of nitrogens with zero attached hydrogens (tertiary/aromatic N) is 1. The Morgan fingerprint density at radius 3 is 1.86 bits per heavy atom. The maximum atomic E-state index is 13.5. The Morgan fingerprint density at radius 2 is 1.52 bits per heavy atom. The molecule has 0 fully saturated rings. The normalized spacial score (nSPS) is 11.2. The minimum Gasteiger partial charge on any atom is -0.444 e. The van der Waals surface area contributed by atoms with E-state index in [1.165, 1.54) is 26.1 Å². The Kier molecular flexibility index (Phi) is 4.40. The summed E-state index contributed by atoms with van der Waals surface area (Å²) in [5, 5.41) is 11.8. The molecule has 0 saturated heterocycles. The number of hydrogen-bond acceptors (Lipinski definition) is 4. The standard InChI is InChI=1S/C11H10F4N2O4/c1-11(2,3)21-10(18)16-8-4(12)6(14)9(17(19)20)7(15)5(8)13/h1-3H3,(H,16,18). The molecule has 10 heteroatoms. The van der Waals surface area contributed by atoms with Gasteiger partial charge in [-0.3, -0.25) is 15.4 Å². The van der Waals surface area contributed by atoms with E-state index in [0.29, 0.717) is 0 Å². The van der Waals surface area contributed by atoms with Crippen molar-refractivity contribution in [2.45, 2.75) is 26.4 Å². The van der Waals surface area contributed by atoms with Crippen LogP contribution in [0, 0.1) is 33.4 Å². The second-order valence-corrected chi connectivity index (χ2v) is 4.86. The van der Waals surface area contributed by atoms with Gasteiger partial charge in [0.25, 0.3) is 0 Å². The van der Waals surface area contributed by atoms with Crippen LogP contribution in [0.5, 0.6) is 0 Å². The number of carbonyl (C=O) groups is 1. The molecule has 0 aliphatic carbocycles. The van der Waals surface area contributed by atoms with E-state index in [1.807, 2.05) is 0 Å². The molecule has 0 saturated carbocycles. The number of rotatable bonds is 2. The van der Waals surface area contributed by atoms with Gasteiger partial charge in [-0.15, -0.1) is 0 Å². The highest BCUT2D eigenvalue weighted by Crippen LogP contribution is 2.32. The van der Waals surface area contributed by atoms with Crippen molar-refractivity contribution in [1.29, 1.82) is 0 Å². The first kappa shape index (κ1) is 16.7. The molecule has 0 unspecified atom stereocenters. The zero-order valence-electron chi connectivity index (χ0n) is 11.1. The predicted molar refractivity (Wildman–Crippen MR) is 62.8 cm³/mol. The van der Waals surface area contributed by atoms with Gasteiger partial charge in [-0.1, -0.05) is 0 Å². The van der Waals surface area contributed by atoms with Crippen molar-refractivity contribution in [1.82, 2.24) is 0 Å². The molecule has 1 rings (SSSR count). The zero-order valence-corrected chi connectivity index (χ0v) is 11.1. The SMILES string of the molecule is CC(C)(C)OC(=O)Nc1c(F)c(F)c([N+](=O)[O-])c(F)c1F. The topological polar surface area (TPSA) is 81.5 Å². The van der Waals surface area contributed by atoms with Crippen LogP contribution >= 0.6 is 0 Å². The third-order valence-electron chi connectivity index (χ3n) is 2.05. The molecule has 21 heavy (non-hydrogen) atoms. The largest absolute Gasteiger partial charge is 0.444 e. The summed E-state index contributed by atoms with van der Waals surface area (Å²) in [7, 11) is 0. The van der Waals surface area contributed by atoms with E-state index in [4.69, 9.17) is 0 Å². The summed E-state index contributed by atoms with van der Waals surface area (Å²) in [6, 6.07) is 0. The zero-order chi connectivity index (χ0) is 16.5. The number of nitro groups is 1. The van der Waals surface area contributed by atoms with Crippen molar-refractivity contribution in [3.8, 4) is 0 Å². The van der Waals surface area contributed by atoms with Crippen LogP contribution in [0.1, 0.15) is 20.8 Å². The maximum Gasteiger partial charge on any atom is 0.412 e. The molecule has 1 aromatic carbocycles. The molecule has 0 aromatic heterocycles. The number of ether oxygens (including phenoxy) is 1. The third-order valence-corrected chi connectivity index (χ3v) is 2.05. The smallest absolute Gasteiger partial charge is 0.412 e. The molecule has 0 atom stereocenters. The fourth-order valence-electron chi connectivity index (χ4n) is 1.30. The first-order chi connectivity index (χ1) is 9.45. The minimum absolute atomic E-state index is 1.03. The van der Waals surface area contributed by atoms with Crippen LogP contribution in [0.25, 0.3) is 0 Å². The number of anilines is 1. The number of benzene rings is 1. The van der Waals surface area contributed by atoms with Crippen molar-refractivity contribution in [2.24, 2.45) is 0 Å². The van der Waals surface area contributed by atoms with E-state index in [0.717, 1.165) is 0 Å². The lowest BCUT2D eigenvalue weighted by molar-refractivity contribution is -0.390. The Balaban J connectivity index is 3.27. The van der Waals surface area contributed by atoms with Gasteiger partial charge in [0.05, 0.1) is 4.92 Å². The second-order valence-electron chi connectivity index (χ2n) is 4.86. The van der Waals surface area contributed by atoms with Crippen molar-refractivity contribution in [3.63, 3.8) is 0 Å². The molecule has 0 spiro atoms. The molecule has 0 radical (unpaired) electrons. The highest BCUT2D eigenvalue weighted by molar-refractivity contribution is 5.85. The Labute approximate surface area is 115 Å². The van der Waals surface area contributed by atoms with Crippen molar-refractivity contribution < 1.29 is 32.0 Å². The van der Waals surface area contributed by atoms with Gasteiger partial charge in [-0.25, -0.2) is 13.6 Å². The number of amides is 1. The predicted octanol–water partition coefficient (Wildman–Crippen LogP) is 3.50. The van der Waals surface area contributed by atoms with E-state index < -0.39 is 51.3 Å². The molecular formula is C11H10F4N2O4. The van der Waals surface area contributed by atoms with Gasteiger partial charge in [-0.05, 0) is 20.8 Å². The summed E-state index contributed by atoms with van der Waals surface area (Å²) in [5.41, 5.74) is -4.53. The summed E-state index contributed by atoms with van der Waals surface area (Å²) in [6.45, 7) is 4.32. The molecule has 1 aromatic rings. The minimum atomic E-state index is -2.23. The second kappa shape index (κ2) is 5.54. The van der Waals surface area contributed by atoms with Crippen LogP contribution in [0.15, 0.2) is 0 Å². The van der Waals surface area contributed by atoms with Gasteiger partial charge in [0.1, 0.15) is 11.3 Å². The number of carbonyl (C=O) groups excluding carboxylic acids is 1. The molecule has 116 valence electrons. The van der Waals surface area contributed by atoms with Crippen molar-refractivity contribution in [3.05, 3.63) is 33.4 Å². The molecule has 1 N–H and O–H groups in total. The van der Waals surface area contributed by atoms with E-state index in [9.17, 15) is 32.5 Å². The lowest BCUT2D eigenvalue weighted by atomic mass is 10.2. The highest BCUT2D eigenvalue weighted by atomic mass is 19.2. The Morgan fingerprint density at radius 1 is 1.10 bits per heavy atom. The van der Waals surface area contributed by atoms with Crippen LogP contribution in [0.3, 0.4) is 0 Å². The first-order valence-electron chi connectivity index (χ1n) is 5.46. The van der Waals surface area contributed by atoms with Crippen LogP contribution in [0.4, 0.5) is 33.7 Å². The summed E-state index contributed by atoms with van der Waals surface area (Å²) >= 11 is 0. The molecule has 0 heterocycles. The molecular weight excluding hydrogens is 300 g/mol. The van der Waals surface area contributed by atoms with Gasteiger partial charge in [0.2, 0.25) is 11.6 Å². The van der Waals surface area contributed by atoms with E-state index >= 15 is 0 Å². The average molecular weight is 310 g/mol. The van der Waals surface area contributed by atoms with Crippen LogP contribution in [-0.4, -0.2) is 16.6 Å². The van der Waals surface area contributed by atoms with Crippen LogP contribution in [0.2, 0.25) is 0 Å². The highest BCUT2D eigenvalue weighted by Gasteiger charge is 2.34. The third kappa shape index (κ3) is 3.58. The van der Waals surface area contributed by atoms with E-state index in [2.05, 4.69) is 4.74 Å². The van der Waals surface area contributed by atoms with Crippen LogP contribution < -0.4 is 5.32 Å². The van der Waals surface area contributed by atoms with Crippen molar-refractivity contribution >= 4 is 17.5 Å². The fraction of sp³-hybridized carbons (Fsp3) is 0.364. The lowest BCUT2D eigenvalue weighted by Crippen LogP contribution is -2.28. The summed E-state index contributed by atoms with van der Waals surface area (Å²) in [5.74, 6) is -8.67. The fourth-order valence-corrected chi connectivity index (χ4v) is 1.30. The average Bonchev–Trinajstić information content (AvgIpc) is 2.29. The maximum absolute atomic E-state index is 13.5. The molecule has 0 aliphatic rings. The van der Waals surface area contributed by atoms with E-state index in [1.54, 1.807) is 0 Å². The van der Waals surface area contributed by atoms with Gasteiger partial charge >= 0.3 is 11.8 Å². The summed E-state index contributed by atoms with van der Waals surface area (Å²) < 4.78 is 58.3. The Hall–Kier alpha value is -2.39. The number of nitro benzene ring substituents is 1. The molecule has 1 amide bonds. The van der Waals surface area contributed by atoms with Gasteiger partial charge in [0.15, 0.2) is 11.6 Å². The number of halogens is 4.